The van der Waals surface area contributed by atoms with E-state index in [0.29, 0.717) is 18.0 Å². The number of ether oxygens (including phenoxy) is 1. The molecule has 0 aromatic heterocycles. The van der Waals surface area contributed by atoms with Gasteiger partial charge in [0.05, 0.1) is 12.8 Å². The van der Waals surface area contributed by atoms with Gasteiger partial charge in [0.1, 0.15) is 11.3 Å². The van der Waals surface area contributed by atoms with Crippen LogP contribution in [0.4, 0.5) is 11.4 Å². The van der Waals surface area contributed by atoms with Crippen LogP contribution in [0.25, 0.3) is 0 Å². The second-order valence-corrected chi connectivity index (χ2v) is 6.28. The van der Waals surface area contributed by atoms with Gasteiger partial charge >= 0.3 is 5.97 Å². The largest absolute Gasteiger partial charge is 0.496 e. The summed E-state index contributed by atoms with van der Waals surface area (Å²) < 4.78 is 5.16. The van der Waals surface area contributed by atoms with Gasteiger partial charge in [0, 0.05) is 45.0 Å². The van der Waals surface area contributed by atoms with Crippen LogP contribution in [0.3, 0.4) is 0 Å². The maximum Gasteiger partial charge on any atom is 0.341 e. The topological polar surface area (TPSA) is 65.0 Å². The zero-order chi connectivity index (χ0) is 18.4. The quantitative estimate of drug-likeness (QED) is 0.796. The number of nitrogens with one attached hydrogen (secondary N) is 1. The average molecular weight is 355 g/mol. The minimum atomic E-state index is -0.985. The van der Waals surface area contributed by atoms with Gasteiger partial charge < -0.3 is 20.1 Å². The second-order valence-electron chi connectivity index (χ2n) is 6.28. The molecule has 0 radical (unpaired) electrons. The van der Waals surface area contributed by atoms with E-state index in [1.807, 2.05) is 6.07 Å². The monoisotopic (exact) mass is 355 g/mol. The predicted molar refractivity (Wildman–Crippen MR) is 104 cm³/mol. The highest BCUT2D eigenvalue weighted by molar-refractivity contribution is 5.97. The number of carboxylic acid groups (broad SMARTS) is 1. The Labute approximate surface area is 154 Å². The molecule has 0 bridgehead atoms. The number of carbonyl (C=O) groups is 1. The first kappa shape index (κ1) is 18.1. The van der Waals surface area contributed by atoms with Gasteiger partial charge in [-0.1, -0.05) is 24.3 Å². The molecular formula is C20H25N3O3. The minimum absolute atomic E-state index is 0.184. The van der Waals surface area contributed by atoms with Crippen LogP contribution in [0.2, 0.25) is 0 Å². The summed E-state index contributed by atoms with van der Waals surface area (Å²) in [4.78, 5) is 16.3. The van der Waals surface area contributed by atoms with Gasteiger partial charge in [0.2, 0.25) is 0 Å². The third-order valence-corrected chi connectivity index (χ3v) is 4.70. The van der Waals surface area contributed by atoms with Crippen LogP contribution in [0, 0.1) is 0 Å². The number of carboxylic acids is 1. The Hall–Kier alpha value is -2.73. The Morgan fingerprint density at radius 1 is 1.08 bits per heavy atom. The molecule has 6 heteroatoms. The molecule has 6 nitrogen and oxygen atoms in total. The lowest BCUT2D eigenvalue weighted by Gasteiger charge is -2.36. The molecule has 0 atom stereocenters. The van der Waals surface area contributed by atoms with Crippen molar-refractivity contribution >= 4 is 17.3 Å². The summed E-state index contributed by atoms with van der Waals surface area (Å²) >= 11 is 0. The summed E-state index contributed by atoms with van der Waals surface area (Å²) in [5.41, 5.74) is 2.05. The molecule has 3 rings (SSSR count). The number of methoxy groups -OCH3 is 1. The van der Waals surface area contributed by atoms with Crippen LogP contribution in [0.5, 0.6) is 5.75 Å². The number of rotatable bonds is 7. The molecule has 1 aliphatic heterocycles. The molecular weight excluding hydrogens is 330 g/mol. The molecule has 138 valence electrons. The number of nitrogens with zero attached hydrogens (tertiary/aromatic N) is 2. The van der Waals surface area contributed by atoms with E-state index in [-0.39, 0.29) is 5.56 Å². The van der Waals surface area contributed by atoms with E-state index in [1.54, 1.807) is 18.2 Å². The van der Waals surface area contributed by atoms with Crippen molar-refractivity contribution in [2.75, 3.05) is 56.6 Å². The van der Waals surface area contributed by atoms with E-state index in [4.69, 9.17) is 4.74 Å². The average Bonchev–Trinajstić information content (AvgIpc) is 2.68. The lowest BCUT2D eigenvalue weighted by atomic mass is 10.1. The number of benzene rings is 2. The minimum Gasteiger partial charge on any atom is -0.496 e. The fourth-order valence-corrected chi connectivity index (χ4v) is 3.29. The van der Waals surface area contributed by atoms with Gasteiger partial charge in [-0.3, -0.25) is 4.90 Å². The first-order valence-corrected chi connectivity index (χ1v) is 8.85. The van der Waals surface area contributed by atoms with E-state index in [0.717, 1.165) is 32.7 Å². The lowest BCUT2D eigenvalue weighted by molar-refractivity contribution is 0.0694. The smallest absolute Gasteiger partial charge is 0.341 e. The molecule has 1 fully saturated rings. The highest BCUT2D eigenvalue weighted by atomic mass is 16.5. The van der Waals surface area contributed by atoms with E-state index < -0.39 is 5.97 Å². The third kappa shape index (κ3) is 4.26. The number of para-hydroxylation sites is 1. The van der Waals surface area contributed by atoms with Gasteiger partial charge in [-0.25, -0.2) is 4.79 Å². The fraction of sp³-hybridized carbons (Fsp3) is 0.350. The van der Waals surface area contributed by atoms with Crippen molar-refractivity contribution in [2.24, 2.45) is 0 Å². The van der Waals surface area contributed by atoms with Crippen molar-refractivity contribution in [3.05, 3.63) is 54.1 Å². The van der Waals surface area contributed by atoms with Gasteiger partial charge in [-0.15, -0.1) is 0 Å². The maximum atomic E-state index is 11.5. The Bertz CT molecular complexity index is 728. The summed E-state index contributed by atoms with van der Waals surface area (Å²) in [5.74, 6) is -0.611. The highest BCUT2D eigenvalue weighted by Gasteiger charge is 2.18. The third-order valence-electron chi connectivity index (χ3n) is 4.70. The van der Waals surface area contributed by atoms with Gasteiger partial charge in [-0.2, -0.15) is 0 Å². The standard InChI is InChI=1S/C20H25N3O3/c1-26-18-9-5-8-17(19(18)20(24)25)21-10-11-22-12-14-23(15-13-22)16-6-3-2-4-7-16/h2-9,21H,10-15H2,1H3,(H,24,25). The molecule has 0 saturated carbocycles. The Balaban J connectivity index is 1.50. The first-order valence-electron chi connectivity index (χ1n) is 8.85. The molecule has 1 aliphatic rings. The first-order chi connectivity index (χ1) is 12.7. The van der Waals surface area contributed by atoms with Crippen LogP contribution >= 0.6 is 0 Å². The Kier molecular flexibility index (Phi) is 5.96. The SMILES string of the molecule is COc1cccc(NCCN2CCN(c3ccccc3)CC2)c1C(=O)O. The number of hydrogen-bond acceptors (Lipinski definition) is 5. The Morgan fingerprint density at radius 3 is 2.46 bits per heavy atom. The van der Waals surface area contributed by atoms with Crippen LogP contribution in [0.1, 0.15) is 10.4 Å². The molecule has 2 aromatic carbocycles. The number of hydrogen-bond donors (Lipinski definition) is 2. The number of anilines is 2. The summed E-state index contributed by atoms with van der Waals surface area (Å²) in [7, 11) is 1.48. The van der Waals surface area contributed by atoms with E-state index in [2.05, 4.69) is 39.4 Å². The summed E-state index contributed by atoms with van der Waals surface area (Å²) in [6, 6.07) is 15.7. The van der Waals surface area contributed by atoms with Crippen molar-refractivity contribution in [3.63, 3.8) is 0 Å². The molecule has 1 saturated heterocycles. The van der Waals surface area contributed by atoms with Gasteiger partial charge in [0.15, 0.2) is 0 Å². The predicted octanol–water partition coefficient (Wildman–Crippen LogP) is 2.63. The highest BCUT2D eigenvalue weighted by Crippen LogP contribution is 2.26. The Morgan fingerprint density at radius 2 is 1.81 bits per heavy atom. The van der Waals surface area contributed by atoms with E-state index >= 15 is 0 Å². The van der Waals surface area contributed by atoms with E-state index in [9.17, 15) is 9.90 Å². The molecule has 26 heavy (non-hydrogen) atoms. The van der Waals surface area contributed by atoms with Crippen molar-refractivity contribution in [1.82, 2.24) is 4.90 Å². The van der Waals surface area contributed by atoms with Gasteiger partial charge in [-0.05, 0) is 24.3 Å². The summed E-state index contributed by atoms with van der Waals surface area (Å²) in [6.45, 7) is 5.58. The number of aromatic carboxylic acids is 1. The normalized spacial score (nSPS) is 14.9. The second kappa shape index (κ2) is 8.58. The molecule has 0 unspecified atom stereocenters. The van der Waals surface area contributed by atoms with Gasteiger partial charge in [0.25, 0.3) is 0 Å². The molecule has 2 aromatic rings. The van der Waals surface area contributed by atoms with Crippen molar-refractivity contribution in [2.45, 2.75) is 0 Å². The summed E-state index contributed by atoms with van der Waals surface area (Å²) in [5, 5.41) is 12.7. The molecule has 0 spiro atoms. The van der Waals surface area contributed by atoms with Crippen molar-refractivity contribution in [1.29, 1.82) is 0 Å². The molecule has 0 amide bonds. The zero-order valence-corrected chi connectivity index (χ0v) is 15.0. The fourth-order valence-electron chi connectivity index (χ4n) is 3.29. The zero-order valence-electron chi connectivity index (χ0n) is 15.0. The lowest BCUT2D eigenvalue weighted by Crippen LogP contribution is -2.47. The van der Waals surface area contributed by atoms with Crippen LogP contribution in [-0.2, 0) is 0 Å². The van der Waals surface area contributed by atoms with Crippen LogP contribution in [0.15, 0.2) is 48.5 Å². The van der Waals surface area contributed by atoms with Crippen LogP contribution < -0.4 is 15.0 Å². The molecule has 0 aliphatic carbocycles. The summed E-state index contributed by atoms with van der Waals surface area (Å²) in [6.07, 6.45) is 0. The van der Waals surface area contributed by atoms with E-state index in [1.165, 1.54) is 12.8 Å². The molecule has 1 heterocycles. The van der Waals surface area contributed by atoms with Crippen LogP contribution in [-0.4, -0.2) is 62.4 Å². The van der Waals surface area contributed by atoms with Crippen molar-refractivity contribution < 1.29 is 14.6 Å². The van der Waals surface area contributed by atoms with Crippen molar-refractivity contribution in [3.8, 4) is 5.75 Å². The molecule has 2 N–H and O–H groups in total. The number of piperazine rings is 1. The maximum absolute atomic E-state index is 11.5.